The van der Waals surface area contributed by atoms with Crippen LogP contribution in [0.1, 0.15) is 37.7 Å². The second-order valence-corrected chi connectivity index (χ2v) is 5.13. The summed E-state index contributed by atoms with van der Waals surface area (Å²) in [6.45, 7) is 0.257. The molecule has 98 valence electrons. The maximum atomic E-state index is 6.55. The summed E-state index contributed by atoms with van der Waals surface area (Å²) in [6.07, 6.45) is 5.70. The minimum absolute atomic E-state index is 0.244. The van der Waals surface area contributed by atoms with E-state index < -0.39 is 0 Å². The van der Waals surface area contributed by atoms with Crippen molar-refractivity contribution in [2.24, 2.45) is 5.73 Å². The highest BCUT2D eigenvalue weighted by atomic mass is 16.7. The quantitative estimate of drug-likeness (QED) is 0.875. The van der Waals surface area contributed by atoms with E-state index in [1.807, 2.05) is 12.1 Å². The summed E-state index contributed by atoms with van der Waals surface area (Å²) in [5.41, 5.74) is 7.40. The highest BCUT2D eigenvalue weighted by Gasteiger charge is 2.32. The van der Waals surface area contributed by atoms with Gasteiger partial charge in [0.25, 0.3) is 0 Å². The van der Waals surface area contributed by atoms with Gasteiger partial charge in [-0.25, -0.2) is 0 Å². The lowest BCUT2D eigenvalue weighted by Crippen LogP contribution is -2.38. The van der Waals surface area contributed by atoms with Gasteiger partial charge >= 0.3 is 0 Å². The van der Waals surface area contributed by atoms with Crippen LogP contribution in [0.4, 0.5) is 0 Å². The fourth-order valence-corrected chi connectivity index (χ4v) is 2.89. The van der Waals surface area contributed by atoms with Gasteiger partial charge in [0.2, 0.25) is 12.5 Å². The second kappa shape index (κ2) is 4.35. The molecule has 1 aromatic rings. The van der Waals surface area contributed by atoms with Crippen molar-refractivity contribution in [2.45, 2.75) is 37.6 Å². The van der Waals surface area contributed by atoms with E-state index in [0.29, 0.717) is 5.75 Å². The van der Waals surface area contributed by atoms with Crippen molar-refractivity contribution in [3.63, 3.8) is 0 Å². The molecule has 0 unspecified atom stereocenters. The lowest BCUT2D eigenvalue weighted by atomic mass is 9.77. The Hall–Kier alpha value is -1.42. The Labute approximate surface area is 107 Å². The third-order valence-electron chi connectivity index (χ3n) is 3.98. The lowest BCUT2D eigenvalue weighted by molar-refractivity contribution is 0.171. The maximum absolute atomic E-state index is 6.55. The first-order valence-corrected chi connectivity index (χ1v) is 6.50. The molecule has 0 aromatic heterocycles. The van der Waals surface area contributed by atoms with Crippen LogP contribution in [0.3, 0.4) is 0 Å². The molecule has 1 heterocycles. The van der Waals surface area contributed by atoms with E-state index in [1.165, 1.54) is 19.3 Å². The topological polar surface area (TPSA) is 53.7 Å². The molecule has 1 aromatic carbocycles. The monoisotopic (exact) mass is 249 g/mol. The zero-order valence-corrected chi connectivity index (χ0v) is 10.7. The van der Waals surface area contributed by atoms with Crippen LogP contribution in [0.2, 0.25) is 0 Å². The number of nitrogens with two attached hydrogens (primary N) is 1. The molecule has 1 aliphatic carbocycles. The number of methoxy groups -OCH3 is 1. The summed E-state index contributed by atoms with van der Waals surface area (Å²) in [4.78, 5) is 0. The van der Waals surface area contributed by atoms with Gasteiger partial charge in [0.05, 0.1) is 7.11 Å². The summed E-state index contributed by atoms with van der Waals surface area (Å²) in [6, 6.07) is 4.01. The predicted molar refractivity (Wildman–Crippen MR) is 68.1 cm³/mol. The molecule has 1 aliphatic heterocycles. The Bertz CT molecular complexity index is 453. The number of hydrogen-bond acceptors (Lipinski definition) is 4. The van der Waals surface area contributed by atoms with Crippen molar-refractivity contribution in [1.82, 2.24) is 0 Å². The minimum atomic E-state index is -0.244. The summed E-state index contributed by atoms with van der Waals surface area (Å²) < 4.78 is 16.2. The molecule has 0 radical (unpaired) electrons. The van der Waals surface area contributed by atoms with Gasteiger partial charge < -0.3 is 19.9 Å². The molecule has 0 saturated heterocycles. The molecule has 1 saturated carbocycles. The van der Waals surface area contributed by atoms with Crippen molar-refractivity contribution in [3.8, 4) is 17.2 Å². The first kappa shape index (κ1) is 11.7. The van der Waals surface area contributed by atoms with E-state index in [2.05, 4.69) is 0 Å². The van der Waals surface area contributed by atoms with Gasteiger partial charge in [-0.15, -0.1) is 0 Å². The first-order valence-electron chi connectivity index (χ1n) is 6.50. The highest BCUT2D eigenvalue weighted by molar-refractivity contribution is 5.56. The number of fused-ring (bicyclic) bond motifs is 1. The number of ether oxygens (including phenoxy) is 3. The Morgan fingerprint density at radius 3 is 2.67 bits per heavy atom. The molecule has 2 aliphatic rings. The van der Waals surface area contributed by atoms with Crippen LogP contribution in [0, 0.1) is 0 Å². The maximum Gasteiger partial charge on any atom is 0.231 e. The first-order chi connectivity index (χ1) is 8.73. The van der Waals surface area contributed by atoms with Crippen LogP contribution in [0.5, 0.6) is 17.2 Å². The highest BCUT2D eigenvalue weighted by Crippen LogP contribution is 2.46. The Kier molecular flexibility index (Phi) is 2.82. The van der Waals surface area contributed by atoms with Gasteiger partial charge in [0, 0.05) is 5.54 Å². The fraction of sp³-hybridized carbons (Fsp3) is 0.571. The van der Waals surface area contributed by atoms with E-state index in [9.17, 15) is 0 Å². The molecule has 4 nitrogen and oxygen atoms in total. The van der Waals surface area contributed by atoms with E-state index in [-0.39, 0.29) is 12.3 Å². The van der Waals surface area contributed by atoms with Gasteiger partial charge in [-0.1, -0.05) is 19.3 Å². The van der Waals surface area contributed by atoms with Crippen LogP contribution in [-0.4, -0.2) is 13.9 Å². The van der Waals surface area contributed by atoms with E-state index in [0.717, 1.165) is 29.9 Å². The van der Waals surface area contributed by atoms with Gasteiger partial charge in [-0.05, 0) is 30.5 Å². The van der Waals surface area contributed by atoms with Gasteiger partial charge in [-0.2, -0.15) is 0 Å². The van der Waals surface area contributed by atoms with Crippen molar-refractivity contribution in [1.29, 1.82) is 0 Å². The lowest BCUT2D eigenvalue weighted by Gasteiger charge is -2.34. The predicted octanol–water partition coefficient (Wildman–Crippen LogP) is 2.54. The molecule has 4 heteroatoms. The summed E-state index contributed by atoms with van der Waals surface area (Å²) in [5.74, 6) is 2.16. The fourth-order valence-electron chi connectivity index (χ4n) is 2.89. The summed E-state index contributed by atoms with van der Waals surface area (Å²) in [5, 5.41) is 0. The number of benzene rings is 1. The van der Waals surface area contributed by atoms with E-state index in [4.69, 9.17) is 19.9 Å². The van der Waals surface area contributed by atoms with Crippen LogP contribution in [0.25, 0.3) is 0 Å². The Morgan fingerprint density at radius 2 is 1.94 bits per heavy atom. The van der Waals surface area contributed by atoms with Crippen molar-refractivity contribution in [2.75, 3.05) is 13.9 Å². The third-order valence-corrected chi connectivity index (χ3v) is 3.98. The molecule has 0 spiro atoms. The van der Waals surface area contributed by atoms with Crippen molar-refractivity contribution < 1.29 is 14.2 Å². The van der Waals surface area contributed by atoms with Crippen LogP contribution >= 0.6 is 0 Å². The summed E-state index contributed by atoms with van der Waals surface area (Å²) in [7, 11) is 1.64. The Balaban J connectivity index is 2.02. The molecule has 0 amide bonds. The van der Waals surface area contributed by atoms with Gasteiger partial charge in [0.1, 0.15) is 0 Å². The average molecular weight is 249 g/mol. The zero-order valence-electron chi connectivity index (χ0n) is 10.7. The molecule has 1 fully saturated rings. The smallest absolute Gasteiger partial charge is 0.231 e. The second-order valence-electron chi connectivity index (χ2n) is 5.13. The molecule has 18 heavy (non-hydrogen) atoms. The number of rotatable bonds is 2. The standard InChI is InChI=1S/C14H19NO3/c1-16-11-7-10(8-12-13(11)18-9-17-12)14(15)5-3-2-4-6-14/h7-8H,2-6,9,15H2,1H3. The van der Waals surface area contributed by atoms with E-state index >= 15 is 0 Å². The van der Waals surface area contributed by atoms with Crippen LogP contribution in [-0.2, 0) is 5.54 Å². The zero-order chi connectivity index (χ0) is 12.6. The summed E-state index contributed by atoms with van der Waals surface area (Å²) >= 11 is 0. The van der Waals surface area contributed by atoms with Gasteiger partial charge in [-0.3, -0.25) is 0 Å². The molecule has 0 bridgehead atoms. The molecular formula is C14H19NO3. The average Bonchev–Trinajstić information content (AvgIpc) is 2.86. The Morgan fingerprint density at radius 1 is 1.17 bits per heavy atom. The third kappa shape index (κ3) is 1.81. The largest absolute Gasteiger partial charge is 0.493 e. The van der Waals surface area contributed by atoms with E-state index in [1.54, 1.807) is 7.11 Å². The minimum Gasteiger partial charge on any atom is -0.493 e. The molecular weight excluding hydrogens is 230 g/mol. The van der Waals surface area contributed by atoms with Crippen molar-refractivity contribution >= 4 is 0 Å². The van der Waals surface area contributed by atoms with Crippen molar-refractivity contribution in [3.05, 3.63) is 17.7 Å². The molecule has 2 N–H and O–H groups in total. The normalized spacial score (nSPS) is 20.8. The number of hydrogen-bond donors (Lipinski definition) is 1. The molecule has 0 atom stereocenters. The van der Waals surface area contributed by atoms with Gasteiger partial charge in [0.15, 0.2) is 11.5 Å². The van der Waals surface area contributed by atoms with Crippen LogP contribution < -0.4 is 19.9 Å². The molecule has 3 rings (SSSR count). The SMILES string of the molecule is COc1cc(C2(N)CCCCC2)cc2c1OCO2. The van der Waals surface area contributed by atoms with Crippen LogP contribution in [0.15, 0.2) is 12.1 Å².